The summed E-state index contributed by atoms with van der Waals surface area (Å²) >= 11 is 0. The van der Waals surface area contributed by atoms with Crippen LogP contribution in [0.1, 0.15) is 24.3 Å². The Bertz CT molecular complexity index is 453. The third-order valence-corrected chi connectivity index (χ3v) is 3.29. The number of halogens is 1. The summed E-state index contributed by atoms with van der Waals surface area (Å²) in [6, 6.07) is 6.35. The van der Waals surface area contributed by atoms with Gasteiger partial charge in [0.2, 0.25) is 11.8 Å². The van der Waals surface area contributed by atoms with E-state index in [1.165, 1.54) is 12.1 Å². The number of nitrogens with two attached hydrogens (primary N) is 1. The minimum atomic E-state index is -0.544. The summed E-state index contributed by atoms with van der Waals surface area (Å²) < 4.78 is 12.7. The van der Waals surface area contributed by atoms with Crippen LogP contribution in [0.5, 0.6) is 0 Å². The molecule has 2 amide bonds. The molecule has 5 heteroatoms. The monoisotopic (exact) mass is 250 g/mol. The molecular formula is C13H15FN2O2. The Balaban J connectivity index is 1.81. The first-order valence-corrected chi connectivity index (χ1v) is 5.87. The van der Waals surface area contributed by atoms with E-state index in [0.717, 1.165) is 18.4 Å². The van der Waals surface area contributed by atoms with Crippen molar-refractivity contribution in [1.29, 1.82) is 0 Å². The maximum absolute atomic E-state index is 12.7. The van der Waals surface area contributed by atoms with Crippen molar-refractivity contribution in [1.82, 2.24) is 5.32 Å². The molecule has 0 bridgehead atoms. The number of carbonyl (C=O) groups excluding carboxylic acids is 2. The number of benzene rings is 1. The Kier molecular flexibility index (Phi) is 3.60. The molecule has 1 aliphatic carbocycles. The van der Waals surface area contributed by atoms with E-state index in [0.29, 0.717) is 5.92 Å². The second-order valence-electron chi connectivity index (χ2n) is 4.60. The highest BCUT2D eigenvalue weighted by atomic mass is 19.1. The van der Waals surface area contributed by atoms with Gasteiger partial charge in [-0.2, -0.15) is 0 Å². The maximum atomic E-state index is 12.7. The van der Waals surface area contributed by atoms with Crippen LogP contribution >= 0.6 is 0 Å². The Morgan fingerprint density at radius 2 is 1.89 bits per heavy atom. The largest absolute Gasteiger partial charge is 0.368 e. The summed E-state index contributed by atoms with van der Waals surface area (Å²) in [5, 5.41) is 2.49. The summed E-state index contributed by atoms with van der Waals surface area (Å²) in [6.45, 7) is -0.115. The smallest absolute Gasteiger partial charge is 0.236 e. The van der Waals surface area contributed by atoms with E-state index in [1.807, 2.05) is 0 Å². The van der Waals surface area contributed by atoms with E-state index < -0.39 is 5.91 Å². The standard InChI is InChI=1S/C13H15FN2O2/c14-11-3-1-8(2-4-11)9-5-10(6-9)13(18)16-7-12(15)17/h1-4,9-10H,5-7H2,(H2,15,17)(H,16,18). The molecule has 0 radical (unpaired) electrons. The van der Waals surface area contributed by atoms with Gasteiger partial charge in [0, 0.05) is 5.92 Å². The van der Waals surface area contributed by atoms with Gasteiger partial charge in [-0.05, 0) is 36.5 Å². The quantitative estimate of drug-likeness (QED) is 0.834. The summed E-state index contributed by atoms with van der Waals surface area (Å²) in [5.74, 6) is -0.701. The molecule has 0 aliphatic heterocycles. The van der Waals surface area contributed by atoms with Gasteiger partial charge < -0.3 is 11.1 Å². The Morgan fingerprint density at radius 3 is 2.44 bits per heavy atom. The fourth-order valence-corrected chi connectivity index (χ4v) is 2.16. The molecule has 1 fully saturated rings. The highest BCUT2D eigenvalue weighted by Gasteiger charge is 2.35. The van der Waals surface area contributed by atoms with Crippen LogP contribution in [0.4, 0.5) is 4.39 Å². The SMILES string of the molecule is NC(=O)CNC(=O)C1CC(c2ccc(F)cc2)C1. The van der Waals surface area contributed by atoms with Crippen molar-refractivity contribution in [2.24, 2.45) is 11.7 Å². The van der Waals surface area contributed by atoms with E-state index in [4.69, 9.17) is 5.73 Å². The Labute approximate surface area is 104 Å². The van der Waals surface area contributed by atoms with Crippen molar-refractivity contribution < 1.29 is 14.0 Å². The predicted octanol–water partition coefficient (Wildman–Crippen LogP) is 0.921. The normalized spacial score (nSPS) is 22.1. The molecule has 0 atom stereocenters. The van der Waals surface area contributed by atoms with Crippen molar-refractivity contribution >= 4 is 11.8 Å². The lowest BCUT2D eigenvalue weighted by atomic mass is 9.71. The van der Waals surface area contributed by atoms with Gasteiger partial charge in [-0.3, -0.25) is 9.59 Å². The molecule has 2 rings (SSSR count). The van der Waals surface area contributed by atoms with Gasteiger partial charge in [0.15, 0.2) is 0 Å². The number of primary amides is 1. The van der Waals surface area contributed by atoms with Crippen LogP contribution in [-0.4, -0.2) is 18.4 Å². The number of rotatable bonds is 4. The van der Waals surface area contributed by atoms with Crippen molar-refractivity contribution in [2.45, 2.75) is 18.8 Å². The van der Waals surface area contributed by atoms with Crippen LogP contribution in [0.2, 0.25) is 0 Å². The van der Waals surface area contributed by atoms with Crippen LogP contribution < -0.4 is 11.1 Å². The zero-order valence-electron chi connectivity index (χ0n) is 9.86. The number of hydrogen-bond acceptors (Lipinski definition) is 2. The predicted molar refractivity (Wildman–Crippen MR) is 64.1 cm³/mol. The second-order valence-corrected chi connectivity index (χ2v) is 4.60. The van der Waals surface area contributed by atoms with Crippen LogP contribution in [0.15, 0.2) is 24.3 Å². The molecule has 0 heterocycles. The minimum absolute atomic E-state index is 0.0700. The first kappa shape index (κ1) is 12.5. The summed E-state index contributed by atoms with van der Waals surface area (Å²) in [7, 11) is 0. The van der Waals surface area contributed by atoms with Crippen molar-refractivity contribution in [3.63, 3.8) is 0 Å². The van der Waals surface area contributed by atoms with Crippen molar-refractivity contribution in [3.05, 3.63) is 35.6 Å². The van der Waals surface area contributed by atoms with Gasteiger partial charge in [0.25, 0.3) is 0 Å². The lowest BCUT2D eigenvalue weighted by Gasteiger charge is -2.34. The molecule has 96 valence electrons. The van der Waals surface area contributed by atoms with Gasteiger partial charge in [-0.1, -0.05) is 12.1 Å². The molecule has 1 saturated carbocycles. The topological polar surface area (TPSA) is 72.2 Å². The van der Waals surface area contributed by atoms with Crippen molar-refractivity contribution in [3.8, 4) is 0 Å². The Hall–Kier alpha value is -1.91. The van der Waals surface area contributed by atoms with Crippen molar-refractivity contribution in [2.75, 3.05) is 6.54 Å². The van der Waals surface area contributed by atoms with E-state index >= 15 is 0 Å². The molecule has 0 saturated heterocycles. The highest BCUT2D eigenvalue weighted by molar-refractivity contribution is 5.85. The zero-order valence-corrected chi connectivity index (χ0v) is 9.86. The second kappa shape index (κ2) is 5.16. The van der Waals surface area contributed by atoms with Gasteiger partial charge >= 0.3 is 0 Å². The van der Waals surface area contributed by atoms with E-state index in [2.05, 4.69) is 5.32 Å². The van der Waals surface area contributed by atoms with Crippen LogP contribution in [0.25, 0.3) is 0 Å². The van der Waals surface area contributed by atoms with E-state index in [9.17, 15) is 14.0 Å². The van der Waals surface area contributed by atoms with Gasteiger partial charge in [0.1, 0.15) is 5.82 Å². The molecule has 1 aromatic carbocycles. The molecule has 1 aromatic rings. The van der Waals surface area contributed by atoms with Crippen LogP contribution in [0.3, 0.4) is 0 Å². The molecule has 0 unspecified atom stereocenters. The molecule has 18 heavy (non-hydrogen) atoms. The van der Waals surface area contributed by atoms with Gasteiger partial charge in [-0.25, -0.2) is 4.39 Å². The summed E-state index contributed by atoms with van der Waals surface area (Å²) in [6.07, 6.45) is 1.46. The molecule has 0 aromatic heterocycles. The van der Waals surface area contributed by atoms with Gasteiger partial charge in [-0.15, -0.1) is 0 Å². The zero-order chi connectivity index (χ0) is 13.1. The minimum Gasteiger partial charge on any atom is -0.368 e. The number of nitrogens with one attached hydrogen (secondary N) is 1. The maximum Gasteiger partial charge on any atom is 0.236 e. The third-order valence-electron chi connectivity index (χ3n) is 3.29. The fraction of sp³-hybridized carbons (Fsp3) is 0.385. The Morgan fingerprint density at radius 1 is 1.28 bits per heavy atom. The average molecular weight is 250 g/mol. The third kappa shape index (κ3) is 2.85. The molecule has 3 N–H and O–H groups in total. The van der Waals surface area contributed by atoms with E-state index in [1.54, 1.807) is 12.1 Å². The number of hydrogen-bond donors (Lipinski definition) is 2. The lowest BCUT2D eigenvalue weighted by Crippen LogP contribution is -2.41. The van der Waals surface area contributed by atoms with Crippen LogP contribution in [-0.2, 0) is 9.59 Å². The number of carbonyl (C=O) groups is 2. The molecule has 4 nitrogen and oxygen atoms in total. The summed E-state index contributed by atoms with van der Waals surface area (Å²) in [5.41, 5.74) is 5.99. The first-order chi connectivity index (χ1) is 8.56. The molecular weight excluding hydrogens is 235 g/mol. The number of amides is 2. The lowest BCUT2D eigenvalue weighted by molar-refractivity contribution is -0.130. The van der Waals surface area contributed by atoms with Gasteiger partial charge in [0.05, 0.1) is 6.54 Å². The van der Waals surface area contributed by atoms with Crippen LogP contribution in [0, 0.1) is 11.7 Å². The average Bonchev–Trinajstić information content (AvgIpc) is 2.27. The first-order valence-electron chi connectivity index (χ1n) is 5.87. The highest BCUT2D eigenvalue weighted by Crippen LogP contribution is 2.41. The summed E-state index contributed by atoms with van der Waals surface area (Å²) in [4.78, 5) is 22.1. The van der Waals surface area contributed by atoms with E-state index in [-0.39, 0.29) is 24.2 Å². The molecule has 0 spiro atoms. The molecule has 1 aliphatic rings. The fourth-order valence-electron chi connectivity index (χ4n) is 2.16.